The number of aromatic nitrogens is 1. The first-order valence-electron chi connectivity index (χ1n) is 22.7. The number of benzene rings is 10. The van der Waals surface area contributed by atoms with Crippen molar-refractivity contribution in [1.29, 1.82) is 0 Å². The molecular weight excluding hydrogens is 725 g/mol. The summed E-state index contributed by atoms with van der Waals surface area (Å²) in [4.78, 5) is 2.33. The van der Waals surface area contributed by atoms with Crippen molar-refractivity contribution in [2.75, 3.05) is 4.90 Å². The third kappa shape index (κ3) is 6.23. The zero-order valence-electron chi connectivity index (χ0n) is 37.6. The van der Waals surface area contributed by atoms with Gasteiger partial charge < -0.3 is 9.47 Å². The van der Waals surface area contributed by atoms with E-state index in [1.54, 1.807) is 0 Å². The van der Waals surface area contributed by atoms with Crippen LogP contribution in [-0.2, 0) is 0 Å². The summed E-state index contributed by atoms with van der Waals surface area (Å²) < 4.78 is 43.7. The number of fused-ring (bicyclic) bond motifs is 4. The van der Waals surface area contributed by atoms with Gasteiger partial charge >= 0.3 is 0 Å². The molecule has 0 aliphatic carbocycles. The van der Waals surface area contributed by atoms with E-state index < -0.39 is 6.04 Å². The van der Waals surface area contributed by atoms with E-state index in [0.717, 1.165) is 67.2 Å². The summed E-state index contributed by atoms with van der Waals surface area (Å²) in [6, 6.07) is 72.9. The number of anilines is 3. The number of para-hydroxylation sites is 2. The van der Waals surface area contributed by atoms with E-state index in [-0.39, 0.29) is 29.7 Å². The third-order valence-electron chi connectivity index (χ3n) is 11.5. The van der Waals surface area contributed by atoms with Crippen LogP contribution in [0.3, 0.4) is 0 Å². The Morgan fingerprint density at radius 1 is 0.350 bits per heavy atom. The summed E-state index contributed by atoms with van der Waals surface area (Å²) in [6.07, 6.45) is 0. The fourth-order valence-electron chi connectivity index (χ4n) is 8.69. The molecule has 1 aromatic heterocycles. The second-order valence-electron chi connectivity index (χ2n) is 14.9. The van der Waals surface area contributed by atoms with Crippen LogP contribution in [0.1, 0.15) is 6.85 Å². The van der Waals surface area contributed by atoms with Gasteiger partial charge in [0, 0.05) is 33.1 Å². The van der Waals surface area contributed by atoms with E-state index >= 15 is 0 Å². The Morgan fingerprint density at radius 3 is 1.57 bits per heavy atom. The van der Waals surface area contributed by atoms with Crippen LogP contribution in [0.15, 0.2) is 243 Å². The summed E-state index contributed by atoms with van der Waals surface area (Å²) in [7, 11) is 0. The number of rotatable bonds is 8. The van der Waals surface area contributed by atoms with Gasteiger partial charge in [-0.15, -0.1) is 0 Å². The van der Waals surface area contributed by atoms with Gasteiger partial charge in [-0.2, -0.15) is 0 Å². The van der Waals surface area contributed by atoms with E-state index in [2.05, 4.69) is 191 Å². The maximum absolute atomic E-state index is 8.48. The van der Waals surface area contributed by atoms with E-state index in [1.165, 1.54) is 21.5 Å². The molecule has 282 valence electrons. The topological polar surface area (TPSA) is 8.17 Å². The van der Waals surface area contributed by atoms with Crippen molar-refractivity contribution < 1.29 is 6.85 Å². The maximum atomic E-state index is 8.48. The minimum Gasteiger partial charge on any atom is -0.310 e. The summed E-state index contributed by atoms with van der Waals surface area (Å²) in [5, 5.41) is 4.76. The molecule has 0 spiro atoms. The standard InChI is InChI=1S/C58H40N2/c1-3-15-41(16-4-1)43-29-31-44(32-30-43)46-35-39-49(40-36-46)59(48-37-33-45(34-38-48)42-17-5-2-6-18-42)55-25-11-9-22-51(55)52-24-14-28-57-58(52)53-23-10-12-26-56(53)60(57)54-27-13-20-47-19-7-8-21-50(47)54/h1-40H/i1D,3D,4D,15D,16D. The van der Waals surface area contributed by atoms with E-state index in [0.29, 0.717) is 5.56 Å². The highest BCUT2D eigenvalue weighted by Crippen LogP contribution is 2.46. The minimum absolute atomic E-state index is 0.194. The number of hydrogen-bond acceptors (Lipinski definition) is 1. The van der Waals surface area contributed by atoms with Gasteiger partial charge in [-0.1, -0.05) is 194 Å². The van der Waals surface area contributed by atoms with Crippen LogP contribution in [0.4, 0.5) is 17.1 Å². The summed E-state index contributed by atoms with van der Waals surface area (Å²) >= 11 is 0. The molecule has 0 amide bonds. The smallest absolute Gasteiger partial charge is 0.0629 e. The van der Waals surface area contributed by atoms with Gasteiger partial charge in [0.25, 0.3) is 0 Å². The molecule has 60 heavy (non-hydrogen) atoms. The molecule has 0 unspecified atom stereocenters. The summed E-state index contributed by atoms with van der Waals surface area (Å²) in [5.74, 6) is 0. The predicted octanol–water partition coefficient (Wildman–Crippen LogP) is 16.1. The zero-order valence-corrected chi connectivity index (χ0v) is 32.6. The second kappa shape index (κ2) is 15.1. The predicted molar refractivity (Wildman–Crippen MR) is 255 cm³/mol. The Labute approximate surface area is 357 Å². The van der Waals surface area contributed by atoms with Crippen molar-refractivity contribution >= 4 is 49.6 Å². The summed E-state index contributed by atoms with van der Waals surface area (Å²) in [5.41, 5.74) is 13.7. The van der Waals surface area contributed by atoms with Crippen LogP contribution < -0.4 is 4.90 Å². The molecule has 0 saturated carbocycles. The Balaban J connectivity index is 1.05. The lowest BCUT2D eigenvalue weighted by Gasteiger charge is -2.28. The number of hydrogen-bond donors (Lipinski definition) is 0. The van der Waals surface area contributed by atoms with Gasteiger partial charge in [0.15, 0.2) is 0 Å². The SMILES string of the molecule is [2H]c1c([2H])c([2H])c(-c2ccc(-c3ccc(N(c4ccc(-c5ccccc5)cc4)c4ccccc4-c4cccc5c4c4ccccc4n5-c4cccc5ccccc45)cc3)cc2)c([2H])c1[2H]. The molecule has 11 aromatic rings. The van der Waals surface area contributed by atoms with Gasteiger partial charge in [-0.3, -0.25) is 0 Å². The molecule has 2 nitrogen and oxygen atoms in total. The average molecular weight is 770 g/mol. The molecular formula is C58H40N2. The molecule has 2 heteroatoms. The normalized spacial score (nSPS) is 12.5. The van der Waals surface area contributed by atoms with Crippen molar-refractivity contribution in [2.24, 2.45) is 0 Å². The van der Waals surface area contributed by atoms with Gasteiger partial charge in [-0.25, -0.2) is 0 Å². The first-order chi connectivity index (χ1) is 31.9. The van der Waals surface area contributed by atoms with Gasteiger partial charge in [0.2, 0.25) is 0 Å². The monoisotopic (exact) mass is 769 g/mol. The first-order valence-corrected chi connectivity index (χ1v) is 20.2. The highest BCUT2D eigenvalue weighted by atomic mass is 15.1. The van der Waals surface area contributed by atoms with Crippen molar-refractivity contribution in [3.05, 3.63) is 243 Å². The van der Waals surface area contributed by atoms with Crippen molar-refractivity contribution in [3.63, 3.8) is 0 Å². The highest BCUT2D eigenvalue weighted by molar-refractivity contribution is 6.17. The number of nitrogens with zero attached hydrogens (tertiary/aromatic N) is 2. The molecule has 1 heterocycles. The minimum atomic E-state index is -0.397. The van der Waals surface area contributed by atoms with Crippen molar-refractivity contribution in [2.45, 2.75) is 0 Å². The molecule has 0 aliphatic heterocycles. The molecule has 0 saturated heterocycles. The molecule has 0 radical (unpaired) electrons. The van der Waals surface area contributed by atoms with Crippen LogP contribution in [-0.4, -0.2) is 4.57 Å². The lowest BCUT2D eigenvalue weighted by Crippen LogP contribution is -2.11. The van der Waals surface area contributed by atoms with Gasteiger partial charge in [0.05, 0.1) is 29.3 Å². The Kier molecular flexibility index (Phi) is 7.59. The molecule has 0 N–H and O–H groups in total. The van der Waals surface area contributed by atoms with Crippen molar-refractivity contribution in [1.82, 2.24) is 4.57 Å². The lowest BCUT2D eigenvalue weighted by atomic mass is 9.96. The fourth-order valence-corrected chi connectivity index (χ4v) is 8.69. The third-order valence-corrected chi connectivity index (χ3v) is 11.5. The molecule has 0 bridgehead atoms. The highest BCUT2D eigenvalue weighted by Gasteiger charge is 2.22. The van der Waals surface area contributed by atoms with E-state index in [4.69, 9.17) is 6.85 Å². The van der Waals surface area contributed by atoms with Crippen LogP contribution in [0.2, 0.25) is 0 Å². The average Bonchev–Trinajstić information content (AvgIpc) is 3.71. The lowest BCUT2D eigenvalue weighted by molar-refractivity contribution is 1.20. The van der Waals surface area contributed by atoms with Crippen LogP contribution >= 0.6 is 0 Å². The second-order valence-corrected chi connectivity index (χ2v) is 14.9. The van der Waals surface area contributed by atoms with Gasteiger partial charge in [0.1, 0.15) is 0 Å². The summed E-state index contributed by atoms with van der Waals surface area (Å²) in [6.45, 7) is 0. The maximum Gasteiger partial charge on any atom is 0.0629 e. The van der Waals surface area contributed by atoms with E-state index in [9.17, 15) is 0 Å². The Bertz CT molecular complexity index is 3550. The van der Waals surface area contributed by atoms with Crippen LogP contribution in [0, 0.1) is 0 Å². The quantitative estimate of drug-likeness (QED) is 0.149. The van der Waals surface area contributed by atoms with Crippen LogP contribution in [0.25, 0.3) is 82.8 Å². The van der Waals surface area contributed by atoms with Gasteiger partial charge in [-0.05, 0) is 92.9 Å². The van der Waals surface area contributed by atoms with Crippen LogP contribution in [0.5, 0.6) is 0 Å². The van der Waals surface area contributed by atoms with Crippen molar-refractivity contribution in [3.8, 4) is 50.2 Å². The first kappa shape index (κ1) is 30.2. The Hall–Kier alpha value is -7.94. The van der Waals surface area contributed by atoms with E-state index in [1.807, 2.05) is 30.3 Å². The molecule has 0 atom stereocenters. The molecule has 0 fully saturated rings. The zero-order chi connectivity index (χ0) is 44.2. The molecule has 11 rings (SSSR count). The molecule has 10 aromatic carbocycles. The fraction of sp³-hybridized carbons (Fsp3) is 0. The Morgan fingerprint density at radius 2 is 0.850 bits per heavy atom. The largest absolute Gasteiger partial charge is 0.310 e. The molecule has 0 aliphatic rings.